The molecule has 20 heavy (non-hydrogen) atoms. The maximum atomic E-state index is 11.9. The summed E-state index contributed by atoms with van der Waals surface area (Å²) >= 11 is 4.74. The van der Waals surface area contributed by atoms with Crippen molar-refractivity contribution < 1.29 is 4.79 Å². The van der Waals surface area contributed by atoms with Crippen LogP contribution < -0.4 is 5.32 Å². The van der Waals surface area contributed by atoms with Crippen LogP contribution in [0.15, 0.2) is 40.2 Å². The molecule has 1 heterocycles. The number of amides is 1. The molecule has 0 unspecified atom stereocenters. The molecule has 5 nitrogen and oxygen atoms in total. The van der Waals surface area contributed by atoms with Crippen molar-refractivity contribution >= 4 is 33.6 Å². The van der Waals surface area contributed by atoms with Gasteiger partial charge in [0.05, 0.1) is 11.8 Å². The predicted octanol–water partition coefficient (Wildman–Crippen LogP) is 2.93. The lowest BCUT2D eigenvalue weighted by atomic mass is 10.0. The topological polar surface area (TPSA) is 70.7 Å². The van der Waals surface area contributed by atoms with Gasteiger partial charge in [-0.15, -0.1) is 0 Å². The molecular weight excluding hydrogens is 340 g/mol. The Hall–Kier alpha value is -1.34. The molecule has 0 aliphatic rings. The zero-order chi connectivity index (χ0) is 14.4. The summed E-state index contributed by atoms with van der Waals surface area (Å²) in [7, 11) is 0. The minimum atomic E-state index is -0.0128. The fourth-order valence-corrected chi connectivity index (χ4v) is 2.60. The van der Waals surface area contributed by atoms with E-state index in [9.17, 15) is 4.79 Å². The molecule has 1 aromatic heterocycles. The summed E-state index contributed by atoms with van der Waals surface area (Å²) in [5.41, 5.74) is 1.11. The standard InChI is InChI=1S/C13H15BrN4OS/c1-2-11(9-3-5-10(14)6-4-9)17-12(19)7-20-13-15-8-16-18-13/h3-6,8,11H,2,7H2,1H3,(H,17,19)(H,15,16,18)/t11-/m1/s1. The van der Waals surface area contributed by atoms with E-state index in [0.717, 1.165) is 16.5 Å². The van der Waals surface area contributed by atoms with Crippen LogP contribution in [0.2, 0.25) is 0 Å². The van der Waals surface area contributed by atoms with Crippen molar-refractivity contribution in [2.75, 3.05) is 5.75 Å². The van der Waals surface area contributed by atoms with Crippen molar-refractivity contribution in [3.05, 3.63) is 40.6 Å². The number of rotatable bonds is 6. The monoisotopic (exact) mass is 354 g/mol. The number of hydrogen-bond acceptors (Lipinski definition) is 4. The van der Waals surface area contributed by atoms with Gasteiger partial charge in [-0.1, -0.05) is 46.7 Å². The lowest BCUT2D eigenvalue weighted by molar-refractivity contribution is -0.119. The summed E-state index contributed by atoms with van der Waals surface area (Å²) in [6.45, 7) is 2.05. The van der Waals surface area contributed by atoms with Crippen LogP contribution in [0, 0.1) is 0 Å². The first-order valence-electron chi connectivity index (χ1n) is 6.22. The van der Waals surface area contributed by atoms with Gasteiger partial charge in [0, 0.05) is 4.47 Å². The van der Waals surface area contributed by atoms with Crippen molar-refractivity contribution in [2.45, 2.75) is 24.5 Å². The third-order valence-electron chi connectivity index (χ3n) is 2.75. The molecule has 2 rings (SSSR count). The number of aromatic nitrogens is 3. The summed E-state index contributed by atoms with van der Waals surface area (Å²) in [5.74, 6) is 0.309. The normalized spacial score (nSPS) is 12.1. The van der Waals surface area contributed by atoms with Crippen LogP contribution in [-0.2, 0) is 4.79 Å². The van der Waals surface area contributed by atoms with Gasteiger partial charge < -0.3 is 5.32 Å². The van der Waals surface area contributed by atoms with Crippen molar-refractivity contribution in [3.63, 3.8) is 0 Å². The molecule has 1 aromatic carbocycles. The Morgan fingerprint density at radius 1 is 1.45 bits per heavy atom. The number of aromatic amines is 1. The average molecular weight is 355 g/mol. The molecule has 0 aliphatic heterocycles. The van der Waals surface area contributed by atoms with Gasteiger partial charge in [-0.3, -0.25) is 9.89 Å². The Morgan fingerprint density at radius 3 is 2.80 bits per heavy atom. The van der Waals surface area contributed by atoms with Crippen LogP contribution in [0.4, 0.5) is 0 Å². The van der Waals surface area contributed by atoms with E-state index in [0.29, 0.717) is 10.9 Å². The summed E-state index contributed by atoms with van der Waals surface area (Å²) in [6.07, 6.45) is 2.28. The minimum absolute atomic E-state index is 0.0128. The van der Waals surface area contributed by atoms with E-state index < -0.39 is 0 Å². The Kier molecular flexibility index (Phi) is 5.60. The average Bonchev–Trinajstić information content (AvgIpc) is 2.97. The first-order chi connectivity index (χ1) is 9.69. The van der Waals surface area contributed by atoms with Gasteiger partial charge in [0.1, 0.15) is 6.33 Å². The van der Waals surface area contributed by atoms with E-state index in [4.69, 9.17) is 0 Å². The quantitative estimate of drug-likeness (QED) is 0.782. The Balaban J connectivity index is 1.89. The van der Waals surface area contributed by atoms with Gasteiger partial charge in [-0.05, 0) is 24.1 Å². The summed E-state index contributed by atoms with van der Waals surface area (Å²) in [4.78, 5) is 15.9. The second-order valence-corrected chi connectivity index (χ2v) is 6.04. The number of nitrogens with one attached hydrogen (secondary N) is 2. The molecule has 2 N–H and O–H groups in total. The number of halogens is 1. The van der Waals surface area contributed by atoms with E-state index in [1.165, 1.54) is 18.1 Å². The van der Waals surface area contributed by atoms with Gasteiger partial charge in [0.15, 0.2) is 5.16 Å². The van der Waals surface area contributed by atoms with Crippen molar-refractivity contribution in [1.29, 1.82) is 0 Å². The molecule has 7 heteroatoms. The molecule has 0 fully saturated rings. The molecular formula is C13H15BrN4OS. The molecule has 0 saturated carbocycles. The Labute approximate surface area is 130 Å². The molecule has 1 atom stereocenters. The van der Waals surface area contributed by atoms with E-state index >= 15 is 0 Å². The van der Waals surface area contributed by atoms with Crippen molar-refractivity contribution in [3.8, 4) is 0 Å². The predicted molar refractivity (Wildman–Crippen MR) is 82.4 cm³/mol. The van der Waals surface area contributed by atoms with Crippen molar-refractivity contribution in [2.24, 2.45) is 0 Å². The summed E-state index contributed by atoms with van der Waals surface area (Å²) < 4.78 is 1.03. The molecule has 0 radical (unpaired) electrons. The highest BCUT2D eigenvalue weighted by Crippen LogP contribution is 2.20. The SMILES string of the molecule is CC[C@@H](NC(=O)CSc1ncn[nH]1)c1ccc(Br)cc1. The zero-order valence-electron chi connectivity index (χ0n) is 11.0. The van der Waals surface area contributed by atoms with E-state index in [-0.39, 0.29) is 11.9 Å². The molecule has 0 spiro atoms. The molecule has 2 aromatic rings. The largest absolute Gasteiger partial charge is 0.349 e. The first kappa shape index (κ1) is 15.1. The van der Waals surface area contributed by atoms with Gasteiger partial charge in [-0.25, -0.2) is 4.98 Å². The summed E-state index contributed by atoms with van der Waals surface area (Å²) in [5, 5.41) is 10.1. The first-order valence-corrected chi connectivity index (χ1v) is 8.00. The molecule has 0 bridgehead atoms. The molecule has 0 saturated heterocycles. The van der Waals surface area contributed by atoms with Gasteiger partial charge in [0.2, 0.25) is 5.91 Å². The minimum Gasteiger partial charge on any atom is -0.349 e. The number of nitrogens with zero attached hydrogens (tertiary/aromatic N) is 2. The lowest BCUT2D eigenvalue weighted by Gasteiger charge is -2.17. The number of hydrogen-bond donors (Lipinski definition) is 2. The second-order valence-electron chi connectivity index (χ2n) is 4.16. The van der Waals surface area contributed by atoms with Crippen molar-refractivity contribution in [1.82, 2.24) is 20.5 Å². The highest BCUT2D eigenvalue weighted by atomic mass is 79.9. The zero-order valence-corrected chi connectivity index (χ0v) is 13.4. The van der Waals surface area contributed by atoms with Crippen LogP contribution >= 0.6 is 27.7 Å². The summed E-state index contributed by atoms with van der Waals surface area (Å²) in [6, 6.07) is 8.02. The van der Waals surface area contributed by atoms with Crippen LogP contribution in [0.3, 0.4) is 0 Å². The highest BCUT2D eigenvalue weighted by Gasteiger charge is 2.13. The van der Waals surface area contributed by atoms with Gasteiger partial charge in [0.25, 0.3) is 0 Å². The maximum absolute atomic E-state index is 11.9. The van der Waals surface area contributed by atoms with Crippen LogP contribution in [0.25, 0.3) is 0 Å². The Bertz CT molecular complexity index is 544. The number of carbonyl (C=O) groups is 1. The van der Waals surface area contributed by atoms with E-state index in [1.807, 2.05) is 24.3 Å². The van der Waals surface area contributed by atoms with E-state index in [1.54, 1.807) is 0 Å². The molecule has 106 valence electrons. The fourth-order valence-electron chi connectivity index (χ4n) is 1.75. The molecule has 1 amide bonds. The smallest absolute Gasteiger partial charge is 0.230 e. The van der Waals surface area contributed by atoms with E-state index in [2.05, 4.69) is 43.4 Å². The van der Waals surface area contributed by atoms with Gasteiger partial charge in [-0.2, -0.15) is 5.10 Å². The van der Waals surface area contributed by atoms with Crippen LogP contribution in [0.5, 0.6) is 0 Å². The Morgan fingerprint density at radius 2 is 2.20 bits per heavy atom. The second kappa shape index (κ2) is 7.44. The maximum Gasteiger partial charge on any atom is 0.230 e. The number of H-pyrrole nitrogens is 1. The number of benzene rings is 1. The lowest BCUT2D eigenvalue weighted by Crippen LogP contribution is -2.29. The number of thioether (sulfide) groups is 1. The third kappa shape index (κ3) is 4.35. The number of carbonyl (C=O) groups excluding carboxylic acids is 1. The molecule has 0 aliphatic carbocycles. The highest BCUT2D eigenvalue weighted by molar-refractivity contribution is 9.10. The third-order valence-corrected chi connectivity index (χ3v) is 4.15. The van der Waals surface area contributed by atoms with Gasteiger partial charge >= 0.3 is 0 Å². The van der Waals surface area contributed by atoms with Crippen LogP contribution in [0.1, 0.15) is 24.9 Å². The fraction of sp³-hybridized carbons (Fsp3) is 0.308. The van der Waals surface area contributed by atoms with Crippen LogP contribution in [-0.4, -0.2) is 26.8 Å².